The maximum atomic E-state index is 13.2. The molecular formula is C20H17Cl2N3OS. The van der Waals surface area contributed by atoms with Crippen LogP contribution in [0.15, 0.2) is 48.0 Å². The molecule has 1 amide bonds. The van der Waals surface area contributed by atoms with Crippen molar-refractivity contribution in [1.29, 1.82) is 0 Å². The lowest BCUT2D eigenvalue weighted by Gasteiger charge is -2.35. The van der Waals surface area contributed by atoms with Gasteiger partial charge >= 0.3 is 0 Å². The Kier molecular flexibility index (Phi) is 5.43. The first-order valence-corrected chi connectivity index (χ1v) is 10.4. The standard InChI is InChI=1S/C20H17Cl2N3OS/c21-14-7-5-6-13(18(14)22)19-24-16(12-27-19)20(26)25-11-4-2-9-17(25)15-8-1-3-10-23-15/h1,3,5-8,10,12,17H,2,4,9,11H2. The lowest BCUT2D eigenvalue weighted by molar-refractivity contribution is 0.0601. The molecule has 7 heteroatoms. The third-order valence-electron chi connectivity index (χ3n) is 4.70. The minimum absolute atomic E-state index is 0.00708. The summed E-state index contributed by atoms with van der Waals surface area (Å²) >= 11 is 13.8. The number of aromatic nitrogens is 2. The normalized spacial score (nSPS) is 17.1. The molecule has 1 saturated heterocycles. The third kappa shape index (κ3) is 3.72. The van der Waals surface area contributed by atoms with Crippen molar-refractivity contribution >= 4 is 40.4 Å². The summed E-state index contributed by atoms with van der Waals surface area (Å²) in [4.78, 5) is 24.1. The van der Waals surface area contributed by atoms with Crippen LogP contribution in [0.2, 0.25) is 10.0 Å². The third-order valence-corrected chi connectivity index (χ3v) is 6.39. The van der Waals surface area contributed by atoms with Gasteiger partial charge in [-0.15, -0.1) is 11.3 Å². The molecule has 27 heavy (non-hydrogen) atoms. The summed E-state index contributed by atoms with van der Waals surface area (Å²) in [6, 6.07) is 11.2. The number of nitrogens with zero attached hydrogens (tertiary/aromatic N) is 3. The number of benzene rings is 1. The van der Waals surface area contributed by atoms with E-state index in [1.54, 1.807) is 17.6 Å². The van der Waals surface area contributed by atoms with Gasteiger partial charge in [-0.3, -0.25) is 9.78 Å². The van der Waals surface area contributed by atoms with Crippen molar-refractivity contribution in [3.8, 4) is 10.6 Å². The van der Waals surface area contributed by atoms with Gasteiger partial charge in [0, 0.05) is 23.7 Å². The molecule has 2 aromatic heterocycles. The van der Waals surface area contributed by atoms with Crippen molar-refractivity contribution in [2.24, 2.45) is 0 Å². The van der Waals surface area contributed by atoms with E-state index in [1.165, 1.54) is 11.3 Å². The van der Waals surface area contributed by atoms with Crippen LogP contribution in [0.4, 0.5) is 0 Å². The number of piperidine rings is 1. The SMILES string of the molecule is O=C(c1csc(-c2cccc(Cl)c2Cl)n1)N1CCCCC1c1ccccn1. The fourth-order valence-electron chi connectivity index (χ4n) is 3.37. The van der Waals surface area contributed by atoms with Crippen LogP contribution in [0.5, 0.6) is 0 Å². The Balaban J connectivity index is 1.62. The molecule has 1 fully saturated rings. The van der Waals surface area contributed by atoms with Gasteiger partial charge in [0.15, 0.2) is 0 Å². The van der Waals surface area contributed by atoms with Gasteiger partial charge in [0.05, 0.1) is 21.8 Å². The van der Waals surface area contributed by atoms with Crippen LogP contribution >= 0.6 is 34.5 Å². The van der Waals surface area contributed by atoms with E-state index in [4.69, 9.17) is 23.2 Å². The zero-order chi connectivity index (χ0) is 18.8. The highest BCUT2D eigenvalue weighted by Gasteiger charge is 2.30. The van der Waals surface area contributed by atoms with E-state index < -0.39 is 0 Å². The number of carbonyl (C=O) groups excluding carboxylic acids is 1. The van der Waals surface area contributed by atoms with Gasteiger partial charge in [-0.2, -0.15) is 0 Å². The minimum atomic E-state index is -0.0639. The zero-order valence-electron chi connectivity index (χ0n) is 14.4. The quantitative estimate of drug-likeness (QED) is 0.534. The second-order valence-electron chi connectivity index (χ2n) is 6.40. The van der Waals surface area contributed by atoms with Gasteiger partial charge in [0.2, 0.25) is 0 Å². The molecule has 1 aromatic carbocycles. The zero-order valence-corrected chi connectivity index (χ0v) is 16.8. The summed E-state index contributed by atoms with van der Waals surface area (Å²) in [6.07, 6.45) is 4.77. The van der Waals surface area contributed by atoms with Gasteiger partial charge in [0.1, 0.15) is 10.7 Å². The number of thiazole rings is 1. The largest absolute Gasteiger partial charge is 0.329 e. The average Bonchev–Trinajstić information content (AvgIpc) is 3.20. The van der Waals surface area contributed by atoms with Crippen LogP contribution in [-0.4, -0.2) is 27.3 Å². The van der Waals surface area contributed by atoms with E-state index in [0.29, 0.717) is 27.3 Å². The first-order chi connectivity index (χ1) is 13.1. The first-order valence-electron chi connectivity index (χ1n) is 8.77. The highest BCUT2D eigenvalue weighted by Crippen LogP contribution is 2.36. The topological polar surface area (TPSA) is 46.1 Å². The summed E-state index contributed by atoms with van der Waals surface area (Å²) in [5, 5.41) is 3.41. The van der Waals surface area contributed by atoms with Crippen molar-refractivity contribution in [1.82, 2.24) is 14.9 Å². The van der Waals surface area contributed by atoms with Crippen LogP contribution < -0.4 is 0 Å². The van der Waals surface area contributed by atoms with Gasteiger partial charge in [-0.25, -0.2) is 4.98 Å². The fourth-order valence-corrected chi connectivity index (χ4v) is 4.64. The maximum absolute atomic E-state index is 13.2. The molecule has 0 aliphatic carbocycles. The Labute approximate surface area is 171 Å². The van der Waals surface area contributed by atoms with E-state index in [1.807, 2.05) is 35.2 Å². The van der Waals surface area contributed by atoms with Crippen LogP contribution in [-0.2, 0) is 0 Å². The number of rotatable bonds is 3. The van der Waals surface area contributed by atoms with Gasteiger partial charge in [0.25, 0.3) is 5.91 Å². The Bertz CT molecular complexity index is 961. The van der Waals surface area contributed by atoms with Crippen molar-refractivity contribution in [2.45, 2.75) is 25.3 Å². The van der Waals surface area contributed by atoms with Crippen molar-refractivity contribution < 1.29 is 4.79 Å². The summed E-state index contributed by atoms with van der Waals surface area (Å²) in [7, 11) is 0. The average molecular weight is 418 g/mol. The molecule has 1 atom stereocenters. The van der Waals surface area contributed by atoms with Crippen LogP contribution in [0.25, 0.3) is 10.6 Å². The number of amides is 1. The molecule has 4 rings (SSSR count). The summed E-state index contributed by atoms with van der Waals surface area (Å²) in [6.45, 7) is 0.713. The fraction of sp³-hybridized carbons (Fsp3) is 0.250. The number of hydrogen-bond acceptors (Lipinski definition) is 4. The van der Waals surface area contributed by atoms with Crippen molar-refractivity contribution in [3.05, 3.63) is 69.4 Å². The van der Waals surface area contributed by atoms with Crippen molar-refractivity contribution in [2.75, 3.05) is 6.54 Å². The second-order valence-corrected chi connectivity index (χ2v) is 8.05. The minimum Gasteiger partial charge on any atom is -0.329 e. The summed E-state index contributed by atoms with van der Waals surface area (Å²) < 4.78 is 0. The van der Waals surface area contributed by atoms with E-state index in [-0.39, 0.29) is 11.9 Å². The van der Waals surface area contributed by atoms with Crippen LogP contribution in [0.1, 0.15) is 41.5 Å². The number of likely N-dealkylation sites (tertiary alicyclic amines) is 1. The lowest BCUT2D eigenvalue weighted by Crippen LogP contribution is -2.39. The molecule has 1 aliphatic heterocycles. The summed E-state index contributed by atoms with van der Waals surface area (Å²) in [5.41, 5.74) is 2.11. The number of halogens is 2. The van der Waals surface area contributed by atoms with Crippen LogP contribution in [0.3, 0.4) is 0 Å². The molecular weight excluding hydrogens is 401 g/mol. The maximum Gasteiger partial charge on any atom is 0.273 e. The molecule has 0 spiro atoms. The molecule has 0 N–H and O–H groups in total. The predicted molar refractivity (Wildman–Crippen MR) is 109 cm³/mol. The molecule has 138 valence electrons. The molecule has 4 nitrogen and oxygen atoms in total. The number of pyridine rings is 1. The Morgan fingerprint density at radius 3 is 2.85 bits per heavy atom. The first kappa shape index (κ1) is 18.4. The van der Waals surface area contributed by atoms with E-state index in [2.05, 4.69) is 9.97 Å². The van der Waals surface area contributed by atoms with Crippen LogP contribution in [0, 0.1) is 0 Å². The molecule has 0 radical (unpaired) electrons. The van der Waals surface area contributed by atoms with E-state index in [9.17, 15) is 4.79 Å². The molecule has 0 saturated carbocycles. The lowest BCUT2D eigenvalue weighted by atomic mass is 9.98. The molecule has 0 bridgehead atoms. The highest BCUT2D eigenvalue weighted by atomic mass is 35.5. The Hall–Kier alpha value is -1.95. The second kappa shape index (κ2) is 7.97. The predicted octanol–water partition coefficient (Wildman–Crippen LogP) is 5.88. The molecule has 3 heterocycles. The summed E-state index contributed by atoms with van der Waals surface area (Å²) in [5.74, 6) is -0.0639. The van der Waals surface area contributed by atoms with E-state index in [0.717, 1.165) is 30.5 Å². The van der Waals surface area contributed by atoms with Gasteiger partial charge < -0.3 is 4.90 Å². The van der Waals surface area contributed by atoms with Crippen molar-refractivity contribution in [3.63, 3.8) is 0 Å². The van der Waals surface area contributed by atoms with Gasteiger partial charge in [-0.05, 0) is 37.5 Å². The van der Waals surface area contributed by atoms with E-state index >= 15 is 0 Å². The molecule has 1 unspecified atom stereocenters. The highest BCUT2D eigenvalue weighted by molar-refractivity contribution is 7.13. The number of carbonyl (C=O) groups is 1. The smallest absolute Gasteiger partial charge is 0.273 e. The van der Waals surface area contributed by atoms with Gasteiger partial charge in [-0.1, -0.05) is 41.4 Å². The molecule has 1 aliphatic rings. The Morgan fingerprint density at radius 1 is 1.15 bits per heavy atom. The Morgan fingerprint density at radius 2 is 2.04 bits per heavy atom. The monoisotopic (exact) mass is 417 g/mol. The molecule has 3 aromatic rings. The number of hydrogen-bond donors (Lipinski definition) is 0.